The van der Waals surface area contributed by atoms with Crippen molar-refractivity contribution in [2.24, 2.45) is 11.7 Å². The van der Waals surface area contributed by atoms with Gasteiger partial charge in [0.1, 0.15) is 16.0 Å². The molecule has 0 radical (unpaired) electrons. The van der Waals surface area contributed by atoms with Crippen molar-refractivity contribution in [3.05, 3.63) is 22.2 Å². The molecule has 0 saturated carbocycles. The number of nitrogens with two attached hydrogens (primary N) is 1. The van der Waals surface area contributed by atoms with Crippen molar-refractivity contribution in [1.82, 2.24) is 0 Å². The van der Waals surface area contributed by atoms with Gasteiger partial charge in [-0.25, -0.2) is 0 Å². The molecule has 0 aliphatic carbocycles. The molecular formula is C13H21BrClNO2. The molecule has 0 aromatic heterocycles. The Morgan fingerprint density at radius 1 is 1.17 bits per heavy atom. The van der Waals surface area contributed by atoms with E-state index in [2.05, 4.69) is 29.8 Å². The van der Waals surface area contributed by atoms with Crippen molar-refractivity contribution in [1.29, 1.82) is 0 Å². The SMILES string of the molecule is COc1cc([C@H](N)CC(C)C)cc(OC)c1Br.Cl. The minimum Gasteiger partial charge on any atom is -0.495 e. The minimum atomic E-state index is 0. The average Bonchev–Trinajstić information content (AvgIpc) is 2.28. The maximum absolute atomic E-state index is 6.17. The molecule has 0 spiro atoms. The van der Waals surface area contributed by atoms with Crippen LogP contribution in [0.25, 0.3) is 0 Å². The summed E-state index contributed by atoms with van der Waals surface area (Å²) in [5.74, 6) is 2.06. The molecule has 1 aromatic carbocycles. The normalized spacial score (nSPS) is 11.9. The summed E-state index contributed by atoms with van der Waals surface area (Å²) in [4.78, 5) is 0. The Bertz CT molecular complexity index is 360. The Kier molecular flexibility index (Phi) is 7.67. The third kappa shape index (κ3) is 4.34. The first-order valence-corrected chi connectivity index (χ1v) is 6.45. The van der Waals surface area contributed by atoms with Crippen molar-refractivity contribution in [3.8, 4) is 11.5 Å². The smallest absolute Gasteiger partial charge is 0.137 e. The van der Waals surface area contributed by atoms with Gasteiger partial charge < -0.3 is 15.2 Å². The van der Waals surface area contributed by atoms with Crippen LogP contribution in [0.3, 0.4) is 0 Å². The van der Waals surface area contributed by atoms with Crippen molar-refractivity contribution < 1.29 is 9.47 Å². The Morgan fingerprint density at radius 3 is 1.94 bits per heavy atom. The van der Waals surface area contributed by atoms with Crippen LogP contribution in [0.5, 0.6) is 11.5 Å². The van der Waals surface area contributed by atoms with Crippen LogP contribution in [-0.4, -0.2) is 14.2 Å². The van der Waals surface area contributed by atoms with Gasteiger partial charge in [-0.2, -0.15) is 0 Å². The molecule has 5 heteroatoms. The Morgan fingerprint density at radius 2 is 1.61 bits per heavy atom. The molecule has 1 aromatic rings. The molecule has 2 N–H and O–H groups in total. The van der Waals surface area contributed by atoms with Crippen molar-refractivity contribution in [2.45, 2.75) is 26.3 Å². The summed E-state index contributed by atoms with van der Waals surface area (Å²) in [6.07, 6.45) is 0.938. The second-order valence-electron chi connectivity index (χ2n) is 4.48. The maximum Gasteiger partial charge on any atom is 0.137 e. The van der Waals surface area contributed by atoms with Gasteiger partial charge in [0.2, 0.25) is 0 Å². The van der Waals surface area contributed by atoms with Gasteiger partial charge in [-0.3, -0.25) is 0 Å². The number of halogens is 2. The van der Waals surface area contributed by atoms with E-state index >= 15 is 0 Å². The van der Waals surface area contributed by atoms with Crippen LogP contribution in [0.4, 0.5) is 0 Å². The lowest BCUT2D eigenvalue weighted by molar-refractivity contribution is 0.386. The number of hydrogen-bond donors (Lipinski definition) is 1. The summed E-state index contributed by atoms with van der Waals surface area (Å²) >= 11 is 3.44. The van der Waals surface area contributed by atoms with E-state index in [0.29, 0.717) is 5.92 Å². The quantitative estimate of drug-likeness (QED) is 0.884. The van der Waals surface area contributed by atoms with Gasteiger partial charge in [0.25, 0.3) is 0 Å². The van der Waals surface area contributed by atoms with Gasteiger partial charge in [-0.15, -0.1) is 12.4 Å². The van der Waals surface area contributed by atoms with E-state index in [1.54, 1.807) is 14.2 Å². The highest BCUT2D eigenvalue weighted by atomic mass is 79.9. The maximum atomic E-state index is 6.17. The summed E-state index contributed by atoms with van der Waals surface area (Å²) < 4.78 is 11.4. The first-order valence-electron chi connectivity index (χ1n) is 5.66. The summed E-state index contributed by atoms with van der Waals surface area (Å²) in [6, 6.07) is 3.92. The lowest BCUT2D eigenvalue weighted by Crippen LogP contribution is -2.13. The van der Waals surface area contributed by atoms with Crippen LogP contribution in [-0.2, 0) is 0 Å². The third-order valence-corrected chi connectivity index (χ3v) is 3.40. The molecule has 0 aliphatic heterocycles. The highest BCUT2D eigenvalue weighted by Gasteiger charge is 2.15. The summed E-state index contributed by atoms with van der Waals surface area (Å²) in [7, 11) is 3.27. The van der Waals surface area contributed by atoms with Gasteiger partial charge in [0, 0.05) is 6.04 Å². The van der Waals surface area contributed by atoms with Crippen LogP contribution in [0, 0.1) is 5.92 Å². The Labute approximate surface area is 124 Å². The number of methoxy groups -OCH3 is 2. The molecular weight excluding hydrogens is 318 g/mol. The van der Waals surface area contributed by atoms with Crippen molar-refractivity contribution >= 4 is 28.3 Å². The standard InChI is InChI=1S/C13H20BrNO2.ClH/c1-8(2)5-10(15)9-6-11(16-3)13(14)12(7-9)17-4;/h6-8,10H,5,15H2,1-4H3;1H/t10-;/m1./s1. The fourth-order valence-electron chi connectivity index (χ4n) is 1.75. The van der Waals surface area contributed by atoms with Gasteiger partial charge >= 0.3 is 0 Å². The predicted octanol–water partition coefficient (Wildman–Crippen LogP) is 3.93. The third-order valence-electron chi connectivity index (χ3n) is 2.62. The van der Waals surface area contributed by atoms with E-state index in [-0.39, 0.29) is 18.4 Å². The molecule has 1 rings (SSSR count). The van der Waals surface area contributed by atoms with Gasteiger partial charge in [0.05, 0.1) is 14.2 Å². The molecule has 18 heavy (non-hydrogen) atoms. The zero-order valence-electron chi connectivity index (χ0n) is 11.2. The van der Waals surface area contributed by atoms with E-state index in [4.69, 9.17) is 15.2 Å². The van der Waals surface area contributed by atoms with E-state index < -0.39 is 0 Å². The molecule has 0 amide bonds. The molecule has 0 heterocycles. The molecule has 3 nitrogen and oxygen atoms in total. The first-order chi connectivity index (χ1) is 7.99. The van der Waals surface area contributed by atoms with Gasteiger partial charge in [0.15, 0.2) is 0 Å². The number of benzene rings is 1. The second kappa shape index (κ2) is 7.87. The van der Waals surface area contributed by atoms with Crippen LogP contribution in [0.1, 0.15) is 31.9 Å². The summed E-state index contributed by atoms with van der Waals surface area (Å²) in [6.45, 7) is 4.32. The van der Waals surface area contributed by atoms with E-state index in [1.165, 1.54) is 0 Å². The molecule has 1 atom stereocenters. The van der Waals surface area contributed by atoms with Gasteiger partial charge in [-0.05, 0) is 46.0 Å². The molecule has 0 fully saturated rings. The monoisotopic (exact) mass is 337 g/mol. The molecule has 104 valence electrons. The number of hydrogen-bond acceptors (Lipinski definition) is 3. The zero-order chi connectivity index (χ0) is 13.0. The van der Waals surface area contributed by atoms with E-state index in [0.717, 1.165) is 28.0 Å². The second-order valence-corrected chi connectivity index (χ2v) is 5.27. The van der Waals surface area contributed by atoms with Crippen molar-refractivity contribution in [3.63, 3.8) is 0 Å². The van der Waals surface area contributed by atoms with Crippen LogP contribution in [0.2, 0.25) is 0 Å². The molecule has 0 aliphatic rings. The lowest BCUT2D eigenvalue weighted by atomic mass is 9.97. The average molecular weight is 339 g/mol. The lowest BCUT2D eigenvalue weighted by Gasteiger charge is -2.17. The predicted molar refractivity (Wildman–Crippen MR) is 80.9 cm³/mol. The van der Waals surface area contributed by atoms with E-state index in [1.807, 2.05) is 12.1 Å². The largest absolute Gasteiger partial charge is 0.495 e. The Hall–Kier alpha value is -0.450. The van der Waals surface area contributed by atoms with Crippen LogP contribution in [0.15, 0.2) is 16.6 Å². The fourth-order valence-corrected chi connectivity index (χ4v) is 2.30. The number of ether oxygens (including phenoxy) is 2. The molecule has 0 saturated heterocycles. The summed E-state index contributed by atoms with van der Waals surface area (Å²) in [5, 5.41) is 0. The summed E-state index contributed by atoms with van der Waals surface area (Å²) in [5.41, 5.74) is 7.20. The van der Waals surface area contributed by atoms with E-state index in [9.17, 15) is 0 Å². The molecule has 0 bridgehead atoms. The number of rotatable bonds is 5. The van der Waals surface area contributed by atoms with Crippen molar-refractivity contribution in [2.75, 3.05) is 14.2 Å². The first kappa shape index (κ1) is 17.6. The van der Waals surface area contributed by atoms with Crippen LogP contribution >= 0.6 is 28.3 Å². The molecule has 0 unspecified atom stereocenters. The topological polar surface area (TPSA) is 44.5 Å². The highest BCUT2D eigenvalue weighted by molar-refractivity contribution is 9.10. The Balaban J connectivity index is 0.00000289. The van der Waals surface area contributed by atoms with Gasteiger partial charge in [-0.1, -0.05) is 13.8 Å². The highest BCUT2D eigenvalue weighted by Crippen LogP contribution is 2.37. The zero-order valence-corrected chi connectivity index (χ0v) is 13.6. The van der Waals surface area contributed by atoms with Crippen LogP contribution < -0.4 is 15.2 Å². The minimum absolute atomic E-state index is 0. The fraction of sp³-hybridized carbons (Fsp3) is 0.538.